The van der Waals surface area contributed by atoms with Crippen LogP contribution in [0.4, 0.5) is 0 Å². The highest BCUT2D eigenvalue weighted by Crippen LogP contribution is 2.26. The van der Waals surface area contributed by atoms with E-state index in [4.69, 9.17) is 4.74 Å². The smallest absolute Gasteiger partial charge is 0.338 e. The van der Waals surface area contributed by atoms with Gasteiger partial charge < -0.3 is 9.84 Å². The maximum absolute atomic E-state index is 10.8. The molecule has 2 unspecified atom stereocenters. The van der Waals surface area contributed by atoms with Crippen molar-refractivity contribution >= 4 is 5.97 Å². The molecule has 10 heavy (non-hydrogen) atoms. The number of rotatable bonds is 1. The Morgan fingerprint density at radius 1 is 1.90 bits per heavy atom. The first-order chi connectivity index (χ1) is 4.56. The fourth-order valence-corrected chi connectivity index (χ4v) is 1.07. The Labute approximate surface area is 60.0 Å². The van der Waals surface area contributed by atoms with E-state index in [1.54, 1.807) is 0 Å². The molecule has 0 aliphatic carbocycles. The van der Waals surface area contributed by atoms with Gasteiger partial charge in [0, 0.05) is 6.42 Å². The molecule has 3 heteroatoms. The summed E-state index contributed by atoms with van der Waals surface area (Å²) >= 11 is 0. The van der Waals surface area contributed by atoms with Gasteiger partial charge in [-0.25, -0.2) is 4.79 Å². The summed E-state index contributed by atoms with van der Waals surface area (Å²) in [6.45, 7) is 3.42. The van der Waals surface area contributed by atoms with Gasteiger partial charge >= 0.3 is 5.97 Å². The molecule has 1 saturated heterocycles. The van der Waals surface area contributed by atoms with Crippen LogP contribution in [0.2, 0.25) is 0 Å². The third-order valence-electron chi connectivity index (χ3n) is 1.79. The molecule has 1 rings (SSSR count). The van der Waals surface area contributed by atoms with Crippen molar-refractivity contribution < 1.29 is 14.6 Å². The fourth-order valence-electron chi connectivity index (χ4n) is 1.07. The van der Waals surface area contributed by atoms with Crippen LogP contribution in [0.15, 0.2) is 0 Å². The van der Waals surface area contributed by atoms with Crippen molar-refractivity contribution in [1.29, 1.82) is 0 Å². The number of aliphatic hydroxyl groups is 1. The SMILES string of the molecule is CCC1CC(C)(O)C(=O)O1. The summed E-state index contributed by atoms with van der Waals surface area (Å²) in [5, 5.41) is 9.29. The molecule has 0 amide bonds. The van der Waals surface area contributed by atoms with E-state index in [-0.39, 0.29) is 6.10 Å². The van der Waals surface area contributed by atoms with Gasteiger partial charge in [-0.05, 0) is 13.3 Å². The summed E-state index contributed by atoms with van der Waals surface area (Å²) in [6, 6.07) is 0. The molecule has 2 atom stereocenters. The predicted molar refractivity (Wildman–Crippen MR) is 35.4 cm³/mol. The fraction of sp³-hybridized carbons (Fsp3) is 0.857. The Hall–Kier alpha value is -0.570. The molecule has 0 bridgehead atoms. The van der Waals surface area contributed by atoms with Crippen molar-refractivity contribution in [2.24, 2.45) is 0 Å². The van der Waals surface area contributed by atoms with Crippen LogP contribution in [-0.2, 0) is 9.53 Å². The molecular weight excluding hydrogens is 132 g/mol. The highest BCUT2D eigenvalue weighted by atomic mass is 16.6. The maximum Gasteiger partial charge on any atom is 0.338 e. The van der Waals surface area contributed by atoms with Gasteiger partial charge in [0.25, 0.3) is 0 Å². The molecule has 1 N–H and O–H groups in total. The lowest BCUT2D eigenvalue weighted by molar-refractivity contribution is -0.153. The largest absolute Gasteiger partial charge is 0.460 e. The topological polar surface area (TPSA) is 46.5 Å². The third-order valence-corrected chi connectivity index (χ3v) is 1.79. The zero-order chi connectivity index (χ0) is 7.78. The Morgan fingerprint density at radius 2 is 2.50 bits per heavy atom. The zero-order valence-electron chi connectivity index (χ0n) is 6.26. The summed E-state index contributed by atoms with van der Waals surface area (Å²) in [4.78, 5) is 10.8. The molecule has 0 aromatic carbocycles. The van der Waals surface area contributed by atoms with Crippen LogP contribution in [0.3, 0.4) is 0 Å². The number of hydrogen-bond acceptors (Lipinski definition) is 3. The summed E-state index contributed by atoms with van der Waals surface area (Å²) in [6.07, 6.45) is 1.13. The number of hydrogen-bond donors (Lipinski definition) is 1. The van der Waals surface area contributed by atoms with Gasteiger partial charge in [0.05, 0.1) is 0 Å². The summed E-state index contributed by atoms with van der Waals surface area (Å²) in [5.74, 6) is -0.487. The van der Waals surface area contributed by atoms with E-state index in [0.717, 1.165) is 6.42 Å². The molecule has 58 valence electrons. The van der Waals surface area contributed by atoms with Crippen LogP contribution in [0.25, 0.3) is 0 Å². The summed E-state index contributed by atoms with van der Waals surface area (Å²) in [7, 11) is 0. The molecule has 0 radical (unpaired) electrons. The van der Waals surface area contributed by atoms with Crippen LogP contribution in [0.1, 0.15) is 26.7 Å². The molecule has 0 aromatic heterocycles. The minimum Gasteiger partial charge on any atom is -0.460 e. The second-order valence-electron chi connectivity index (χ2n) is 2.91. The van der Waals surface area contributed by atoms with Crippen molar-refractivity contribution in [3.63, 3.8) is 0 Å². The second-order valence-corrected chi connectivity index (χ2v) is 2.91. The average Bonchev–Trinajstić information content (AvgIpc) is 2.08. The van der Waals surface area contributed by atoms with E-state index in [2.05, 4.69) is 0 Å². The van der Waals surface area contributed by atoms with Gasteiger partial charge in [0.1, 0.15) is 6.10 Å². The van der Waals surface area contributed by atoms with Crippen molar-refractivity contribution in [3.8, 4) is 0 Å². The molecule has 1 aliphatic rings. The van der Waals surface area contributed by atoms with E-state index >= 15 is 0 Å². The van der Waals surface area contributed by atoms with Gasteiger partial charge in [-0.2, -0.15) is 0 Å². The lowest BCUT2D eigenvalue weighted by Gasteiger charge is -2.07. The molecule has 0 spiro atoms. The quantitative estimate of drug-likeness (QED) is 0.544. The summed E-state index contributed by atoms with van der Waals surface area (Å²) in [5.41, 5.74) is -1.24. The van der Waals surface area contributed by atoms with E-state index in [9.17, 15) is 9.90 Å². The third kappa shape index (κ3) is 1.14. The van der Waals surface area contributed by atoms with E-state index in [1.165, 1.54) is 6.92 Å². The minimum absolute atomic E-state index is 0.0810. The lowest BCUT2D eigenvalue weighted by Crippen LogP contribution is -2.29. The van der Waals surface area contributed by atoms with Gasteiger partial charge in [0.15, 0.2) is 5.60 Å². The van der Waals surface area contributed by atoms with Gasteiger partial charge in [0.2, 0.25) is 0 Å². The van der Waals surface area contributed by atoms with E-state index in [0.29, 0.717) is 6.42 Å². The van der Waals surface area contributed by atoms with Crippen LogP contribution >= 0.6 is 0 Å². The van der Waals surface area contributed by atoms with Crippen molar-refractivity contribution in [3.05, 3.63) is 0 Å². The Kier molecular flexibility index (Phi) is 1.68. The first-order valence-corrected chi connectivity index (χ1v) is 3.49. The molecule has 1 heterocycles. The van der Waals surface area contributed by atoms with Crippen LogP contribution in [0, 0.1) is 0 Å². The lowest BCUT2D eigenvalue weighted by atomic mass is 10.0. The highest BCUT2D eigenvalue weighted by molar-refractivity contribution is 5.80. The van der Waals surface area contributed by atoms with E-state index in [1.807, 2.05) is 6.92 Å². The minimum atomic E-state index is -1.24. The van der Waals surface area contributed by atoms with Crippen molar-refractivity contribution in [2.75, 3.05) is 0 Å². The average molecular weight is 144 g/mol. The Bertz CT molecular complexity index is 151. The Morgan fingerprint density at radius 3 is 2.70 bits per heavy atom. The van der Waals surface area contributed by atoms with Gasteiger partial charge in [-0.3, -0.25) is 0 Å². The molecule has 0 aromatic rings. The summed E-state index contributed by atoms with van der Waals surface area (Å²) < 4.78 is 4.84. The highest BCUT2D eigenvalue weighted by Gasteiger charge is 2.42. The monoisotopic (exact) mass is 144 g/mol. The van der Waals surface area contributed by atoms with Gasteiger partial charge in [-0.15, -0.1) is 0 Å². The predicted octanol–water partition coefficient (Wildman–Crippen LogP) is 0.463. The van der Waals surface area contributed by atoms with Crippen LogP contribution in [0.5, 0.6) is 0 Å². The second kappa shape index (κ2) is 2.23. The van der Waals surface area contributed by atoms with Crippen molar-refractivity contribution in [2.45, 2.75) is 38.4 Å². The maximum atomic E-state index is 10.8. The van der Waals surface area contributed by atoms with E-state index < -0.39 is 11.6 Å². The number of carbonyl (C=O) groups is 1. The Balaban J connectivity index is 2.62. The van der Waals surface area contributed by atoms with Crippen LogP contribution in [-0.4, -0.2) is 22.8 Å². The first-order valence-electron chi connectivity index (χ1n) is 3.49. The molecular formula is C7H12O3. The van der Waals surface area contributed by atoms with Crippen LogP contribution < -0.4 is 0 Å². The molecule has 1 fully saturated rings. The number of esters is 1. The van der Waals surface area contributed by atoms with Crippen molar-refractivity contribution in [1.82, 2.24) is 0 Å². The standard InChI is InChI=1S/C7H12O3/c1-3-5-4-7(2,9)6(8)10-5/h5,9H,3-4H2,1-2H3. The normalized spacial score (nSPS) is 39.9. The molecule has 1 aliphatic heterocycles. The molecule has 3 nitrogen and oxygen atoms in total. The number of cyclic esters (lactones) is 1. The first kappa shape index (κ1) is 7.54. The molecule has 0 saturated carbocycles. The number of carbonyl (C=O) groups excluding carboxylic acids is 1. The van der Waals surface area contributed by atoms with Gasteiger partial charge in [-0.1, -0.05) is 6.92 Å². The zero-order valence-corrected chi connectivity index (χ0v) is 6.26. The number of ether oxygens (including phenoxy) is 1.